The SMILES string of the molecule is Cc1ccc(NC(=O)/C(C#N)=C/c2ccc(OCC(=O)Nc3ccc(C)c(C)c3)c(Br)c2)c(C)c1. The first-order valence-corrected chi connectivity index (χ1v) is 11.8. The van der Waals surface area contributed by atoms with Crippen molar-refractivity contribution in [2.45, 2.75) is 27.7 Å². The molecule has 0 atom stereocenters. The zero-order valence-corrected chi connectivity index (χ0v) is 21.6. The Morgan fingerprint density at radius 2 is 1.71 bits per heavy atom. The van der Waals surface area contributed by atoms with Gasteiger partial charge in [-0.1, -0.05) is 29.8 Å². The minimum absolute atomic E-state index is 0.0293. The van der Waals surface area contributed by atoms with Crippen LogP contribution < -0.4 is 15.4 Å². The predicted molar refractivity (Wildman–Crippen MR) is 142 cm³/mol. The van der Waals surface area contributed by atoms with E-state index in [-0.39, 0.29) is 18.1 Å². The maximum Gasteiger partial charge on any atom is 0.266 e. The predicted octanol–water partition coefficient (Wildman–Crippen LogP) is 6.25. The third-order valence-electron chi connectivity index (χ3n) is 5.41. The number of anilines is 2. The van der Waals surface area contributed by atoms with Gasteiger partial charge in [0.15, 0.2) is 6.61 Å². The summed E-state index contributed by atoms with van der Waals surface area (Å²) in [7, 11) is 0. The van der Waals surface area contributed by atoms with Gasteiger partial charge in [0.05, 0.1) is 4.47 Å². The molecule has 0 aliphatic carbocycles. The number of aryl methyl sites for hydroxylation is 4. The van der Waals surface area contributed by atoms with E-state index in [2.05, 4.69) is 26.6 Å². The number of nitrogens with one attached hydrogen (secondary N) is 2. The standard InChI is InChI=1S/C28H26BrN3O3/c1-17-5-9-25(20(4)11-17)32-28(34)22(15-30)13-21-7-10-26(24(29)14-21)35-16-27(33)31-23-8-6-18(2)19(3)12-23/h5-14H,16H2,1-4H3,(H,31,33)(H,32,34)/b22-13+. The Bertz CT molecular complexity index is 1360. The molecule has 3 rings (SSSR count). The van der Waals surface area contributed by atoms with Gasteiger partial charge in [-0.25, -0.2) is 0 Å². The first-order valence-electron chi connectivity index (χ1n) is 11.0. The number of hydrogen-bond acceptors (Lipinski definition) is 4. The molecular weight excluding hydrogens is 506 g/mol. The van der Waals surface area contributed by atoms with Gasteiger partial charge in [-0.3, -0.25) is 9.59 Å². The van der Waals surface area contributed by atoms with Crippen molar-refractivity contribution in [3.8, 4) is 11.8 Å². The third-order valence-corrected chi connectivity index (χ3v) is 6.03. The van der Waals surface area contributed by atoms with E-state index in [4.69, 9.17) is 4.74 Å². The lowest BCUT2D eigenvalue weighted by molar-refractivity contribution is -0.118. The normalized spacial score (nSPS) is 10.9. The second-order valence-corrected chi connectivity index (χ2v) is 9.12. The lowest BCUT2D eigenvalue weighted by atomic mass is 10.1. The van der Waals surface area contributed by atoms with Gasteiger partial charge in [0.2, 0.25) is 0 Å². The Morgan fingerprint density at radius 1 is 0.943 bits per heavy atom. The van der Waals surface area contributed by atoms with E-state index in [9.17, 15) is 14.9 Å². The van der Waals surface area contributed by atoms with Crippen LogP contribution in [-0.2, 0) is 9.59 Å². The van der Waals surface area contributed by atoms with Crippen LogP contribution in [0, 0.1) is 39.0 Å². The van der Waals surface area contributed by atoms with E-state index in [0.29, 0.717) is 27.2 Å². The van der Waals surface area contributed by atoms with Gasteiger partial charge >= 0.3 is 0 Å². The number of amides is 2. The molecule has 0 spiro atoms. The molecule has 0 radical (unpaired) electrons. The van der Waals surface area contributed by atoms with Crippen molar-refractivity contribution >= 4 is 45.2 Å². The van der Waals surface area contributed by atoms with E-state index in [0.717, 1.165) is 22.3 Å². The van der Waals surface area contributed by atoms with Crippen LogP contribution in [0.15, 0.2) is 64.6 Å². The van der Waals surface area contributed by atoms with Crippen LogP contribution in [0.3, 0.4) is 0 Å². The summed E-state index contributed by atoms with van der Waals surface area (Å²) in [6.45, 7) is 7.71. The number of rotatable bonds is 7. The van der Waals surface area contributed by atoms with E-state index in [1.165, 1.54) is 6.08 Å². The Kier molecular flexibility index (Phi) is 8.45. The molecule has 178 valence electrons. The molecule has 0 saturated carbocycles. The highest BCUT2D eigenvalue weighted by atomic mass is 79.9. The highest BCUT2D eigenvalue weighted by molar-refractivity contribution is 9.10. The fraction of sp³-hybridized carbons (Fsp3) is 0.179. The first kappa shape index (κ1) is 25.7. The molecule has 0 heterocycles. The summed E-state index contributed by atoms with van der Waals surface area (Å²) in [6.07, 6.45) is 1.50. The summed E-state index contributed by atoms with van der Waals surface area (Å²) >= 11 is 3.43. The third kappa shape index (κ3) is 7.05. The number of nitriles is 1. The Labute approximate surface area is 213 Å². The van der Waals surface area contributed by atoms with Gasteiger partial charge in [0, 0.05) is 11.4 Å². The minimum atomic E-state index is -0.487. The van der Waals surface area contributed by atoms with Crippen LogP contribution in [0.2, 0.25) is 0 Å². The molecule has 0 aliphatic rings. The molecule has 0 saturated heterocycles. The summed E-state index contributed by atoms with van der Waals surface area (Å²) in [5.74, 6) is -0.298. The second-order valence-electron chi connectivity index (χ2n) is 8.27. The molecular formula is C28H26BrN3O3. The van der Waals surface area contributed by atoms with Gasteiger partial charge in [0.1, 0.15) is 17.4 Å². The Hall–Kier alpha value is -3.89. The number of halogens is 1. The zero-order valence-electron chi connectivity index (χ0n) is 20.0. The van der Waals surface area contributed by atoms with Crippen LogP contribution in [-0.4, -0.2) is 18.4 Å². The monoisotopic (exact) mass is 531 g/mol. The highest BCUT2D eigenvalue weighted by Gasteiger charge is 2.12. The summed E-state index contributed by atoms with van der Waals surface area (Å²) in [6, 6.07) is 18.4. The second kappa shape index (κ2) is 11.5. The summed E-state index contributed by atoms with van der Waals surface area (Å²) in [5, 5.41) is 15.1. The maximum atomic E-state index is 12.6. The number of ether oxygens (including phenoxy) is 1. The maximum absolute atomic E-state index is 12.6. The Balaban J connectivity index is 1.64. The van der Waals surface area contributed by atoms with E-state index >= 15 is 0 Å². The summed E-state index contributed by atoms with van der Waals surface area (Å²) in [4.78, 5) is 24.9. The Morgan fingerprint density at radius 3 is 2.37 bits per heavy atom. The fourth-order valence-electron chi connectivity index (χ4n) is 3.34. The van der Waals surface area contributed by atoms with Crippen molar-refractivity contribution < 1.29 is 14.3 Å². The summed E-state index contributed by atoms with van der Waals surface area (Å²) in [5.41, 5.74) is 6.23. The first-order chi connectivity index (χ1) is 16.7. The molecule has 0 fully saturated rings. The van der Waals surface area contributed by atoms with E-state index in [1.54, 1.807) is 18.2 Å². The van der Waals surface area contributed by atoms with Gasteiger partial charge in [-0.15, -0.1) is 0 Å². The highest BCUT2D eigenvalue weighted by Crippen LogP contribution is 2.27. The van der Waals surface area contributed by atoms with Crippen LogP contribution in [0.5, 0.6) is 5.75 Å². The van der Waals surface area contributed by atoms with Gasteiger partial charge < -0.3 is 15.4 Å². The molecule has 0 unspecified atom stereocenters. The van der Waals surface area contributed by atoms with Crippen LogP contribution >= 0.6 is 15.9 Å². The van der Waals surface area contributed by atoms with Gasteiger partial charge in [-0.05, 0) is 102 Å². The van der Waals surface area contributed by atoms with Crippen molar-refractivity contribution in [1.29, 1.82) is 5.26 Å². The molecule has 0 bridgehead atoms. The number of hydrogen-bond donors (Lipinski definition) is 2. The topological polar surface area (TPSA) is 91.2 Å². The largest absolute Gasteiger partial charge is 0.483 e. The van der Waals surface area contributed by atoms with Crippen molar-refractivity contribution in [2.24, 2.45) is 0 Å². The zero-order chi connectivity index (χ0) is 25.5. The summed E-state index contributed by atoms with van der Waals surface area (Å²) < 4.78 is 6.23. The molecule has 35 heavy (non-hydrogen) atoms. The smallest absolute Gasteiger partial charge is 0.266 e. The lowest BCUT2D eigenvalue weighted by Gasteiger charge is -2.11. The van der Waals surface area contributed by atoms with Crippen molar-refractivity contribution in [3.63, 3.8) is 0 Å². The molecule has 7 heteroatoms. The number of carbonyl (C=O) groups excluding carboxylic acids is 2. The van der Waals surface area contributed by atoms with Gasteiger partial charge in [0.25, 0.3) is 11.8 Å². The van der Waals surface area contributed by atoms with Crippen molar-refractivity contribution in [1.82, 2.24) is 0 Å². The fourth-order valence-corrected chi connectivity index (χ4v) is 3.85. The lowest BCUT2D eigenvalue weighted by Crippen LogP contribution is -2.20. The van der Waals surface area contributed by atoms with Crippen LogP contribution in [0.25, 0.3) is 6.08 Å². The average molecular weight is 532 g/mol. The minimum Gasteiger partial charge on any atom is -0.483 e. The molecule has 2 amide bonds. The van der Waals surface area contributed by atoms with Crippen molar-refractivity contribution in [2.75, 3.05) is 17.2 Å². The van der Waals surface area contributed by atoms with Crippen LogP contribution in [0.4, 0.5) is 11.4 Å². The number of benzene rings is 3. The molecule has 3 aromatic carbocycles. The molecule has 0 aromatic heterocycles. The molecule has 6 nitrogen and oxygen atoms in total. The van der Waals surface area contributed by atoms with Gasteiger partial charge in [-0.2, -0.15) is 5.26 Å². The van der Waals surface area contributed by atoms with Crippen LogP contribution in [0.1, 0.15) is 27.8 Å². The van der Waals surface area contributed by atoms with Crippen molar-refractivity contribution in [3.05, 3.63) is 92.5 Å². The average Bonchev–Trinajstić information content (AvgIpc) is 2.81. The molecule has 0 aliphatic heterocycles. The quantitative estimate of drug-likeness (QED) is 0.278. The van der Waals surface area contributed by atoms with E-state index in [1.807, 2.05) is 70.2 Å². The molecule has 2 N–H and O–H groups in total. The number of carbonyl (C=O) groups is 2. The number of nitrogens with zero attached hydrogens (tertiary/aromatic N) is 1. The molecule has 3 aromatic rings. The van der Waals surface area contributed by atoms with E-state index < -0.39 is 5.91 Å².